The summed E-state index contributed by atoms with van der Waals surface area (Å²) < 4.78 is 5.62. The van der Waals surface area contributed by atoms with E-state index in [1.807, 2.05) is 0 Å². The summed E-state index contributed by atoms with van der Waals surface area (Å²) in [7, 11) is 0. The number of hydrogen-bond donors (Lipinski definition) is 0. The summed E-state index contributed by atoms with van der Waals surface area (Å²) in [5, 5.41) is 0. The highest BCUT2D eigenvalue weighted by Gasteiger charge is 2.33. The lowest BCUT2D eigenvalue weighted by Crippen LogP contribution is -2.18. The second-order valence-electron chi connectivity index (χ2n) is 5.12. The van der Waals surface area contributed by atoms with E-state index in [1.54, 1.807) is 30.3 Å². The van der Waals surface area contributed by atoms with Gasteiger partial charge in [-0.3, -0.25) is 9.59 Å². The van der Waals surface area contributed by atoms with Gasteiger partial charge in [-0.1, -0.05) is 44.0 Å². The molecule has 0 fully saturated rings. The number of furan rings is 1. The highest BCUT2D eigenvalue weighted by atomic mass is 16.3. The topological polar surface area (TPSA) is 47.3 Å². The smallest absolute Gasteiger partial charge is 0.229 e. The van der Waals surface area contributed by atoms with Gasteiger partial charge in [0.15, 0.2) is 11.5 Å². The van der Waals surface area contributed by atoms with Gasteiger partial charge in [0.25, 0.3) is 0 Å². The number of ketones is 2. The minimum Gasteiger partial charge on any atom is -0.457 e. The molecule has 0 spiro atoms. The van der Waals surface area contributed by atoms with Gasteiger partial charge < -0.3 is 4.42 Å². The molecule has 1 aromatic heterocycles. The van der Waals surface area contributed by atoms with Crippen molar-refractivity contribution in [3.63, 3.8) is 0 Å². The second-order valence-corrected chi connectivity index (χ2v) is 5.12. The van der Waals surface area contributed by atoms with Crippen molar-refractivity contribution in [2.75, 3.05) is 0 Å². The van der Waals surface area contributed by atoms with E-state index in [4.69, 9.17) is 4.42 Å². The number of carbonyl (C=O) groups excluding carboxylic acids is 2. The maximum Gasteiger partial charge on any atom is 0.229 e. The largest absolute Gasteiger partial charge is 0.457 e. The Kier molecular flexibility index (Phi) is 3.26. The first kappa shape index (κ1) is 12.9. The average molecular weight is 268 g/mol. The van der Waals surface area contributed by atoms with Crippen LogP contribution in [-0.2, 0) is 6.42 Å². The number of benzene rings is 1. The Morgan fingerprint density at radius 2 is 1.65 bits per heavy atom. The van der Waals surface area contributed by atoms with E-state index in [0.29, 0.717) is 16.7 Å². The summed E-state index contributed by atoms with van der Waals surface area (Å²) in [6.07, 6.45) is 4.03. The quantitative estimate of drug-likeness (QED) is 0.676. The average Bonchev–Trinajstić information content (AvgIpc) is 2.90. The Morgan fingerprint density at radius 3 is 2.35 bits per heavy atom. The van der Waals surface area contributed by atoms with Crippen LogP contribution in [0.4, 0.5) is 0 Å². The number of rotatable bonds is 4. The molecular weight excluding hydrogens is 252 g/mol. The monoisotopic (exact) mass is 268 g/mol. The fourth-order valence-electron chi connectivity index (χ4n) is 2.60. The number of fused-ring (bicyclic) bond motifs is 2. The molecule has 1 aliphatic carbocycles. The second kappa shape index (κ2) is 5.08. The molecule has 1 heterocycles. The molecule has 2 aromatic rings. The number of carbonyl (C=O) groups is 2. The fraction of sp³-hybridized carbons (Fsp3) is 0.294. The molecule has 0 unspecified atom stereocenters. The van der Waals surface area contributed by atoms with Crippen molar-refractivity contribution in [3.05, 3.63) is 58.5 Å². The summed E-state index contributed by atoms with van der Waals surface area (Å²) >= 11 is 0. The zero-order valence-electron chi connectivity index (χ0n) is 11.4. The zero-order chi connectivity index (χ0) is 14.1. The third-order valence-corrected chi connectivity index (χ3v) is 3.68. The molecule has 0 saturated heterocycles. The van der Waals surface area contributed by atoms with Crippen molar-refractivity contribution in [2.24, 2.45) is 0 Å². The lowest BCUT2D eigenvalue weighted by Gasteiger charge is -2.11. The number of aryl methyl sites for hydroxylation is 1. The summed E-state index contributed by atoms with van der Waals surface area (Å²) in [4.78, 5) is 24.7. The van der Waals surface area contributed by atoms with Crippen molar-refractivity contribution in [2.45, 2.75) is 32.6 Å². The molecule has 0 radical (unpaired) electrons. The third kappa shape index (κ3) is 1.99. The van der Waals surface area contributed by atoms with Gasteiger partial charge in [-0.15, -0.1) is 0 Å². The summed E-state index contributed by atoms with van der Waals surface area (Å²) in [5.41, 5.74) is 1.34. The number of unbranched alkanes of at least 4 members (excludes halogenated alkanes) is 2. The van der Waals surface area contributed by atoms with Gasteiger partial charge >= 0.3 is 0 Å². The Hall–Kier alpha value is -2.16. The van der Waals surface area contributed by atoms with Crippen LogP contribution in [0, 0.1) is 0 Å². The Balaban J connectivity index is 1.97. The standard InChI is InChI=1S/C17H16O3/c1-2-3-4-7-11-10-14-15(18)12-8-5-6-9-13(12)16(19)17(14)20-11/h5-6,8-10H,2-4,7H2,1H3. The molecule has 3 heteroatoms. The molecule has 0 atom stereocenters. The first-order valence-corrected chi connectivity index (χ1v) is 7.03. The van der Waals surface area contributed by atoms with Crippen LogP contribution in [0.2, 0.25) is 0 Å². The van der Waals surface area contributed by atoms with Crippen molar-refractivity contribution in [1.82, 2.24) is 0 Å². The highest BCUT2D eigenvalue weighted by molar-refractivity contribution is 6.27. The first-order chi connectivity index (χ1) is 9.72. The number of hydrogen-bond acceptors (Lipinski definition) is 3. The molecule has 0 amide bonds. The van der Waals surface area contributed by atoms with Gasteiger partial charge in [0.2, 0.25) is 5.78 Å². The van der Waals surface area contributed by atoms with Crippen LogP contribution in [-0.4, -0.2) is 11.6 Å². The summed E-state index contributed by atoms with van der Waals surface area (Å²) in [6, 6.07) is 8.65. The van der Waals surface area contributed by atoms with E-state index in [2.05, 4.69) is 6.92 Å². The normalized spacial score (nSPS) is 13.2. The molecule has 0 N–H and O–H groups in total. The minimum atomic E-state index is -0.183. The van der Waals surface area contributed by atoms with E-state index in [0.717, 1.165) is 31.4 Å². The molecule has 1 aliphatic rings. The van der Waals surface area contributed by atoms with Crippen LogP contribution >= 0.6 is 0 Å². The van der Waals surface area contributed by atoms with Crippen molar-refractivity contribution in [3.8, 4) is 0 Å². The molecule has 3 rings (SSSR count). The van der Waals surface area contributed by atoms with Crippen molar-refractivity contribution in [1.29, 1.82) is 0 Å². The van der Waals surface area contributed by atoms with E-state index in [9.17, 15) is 9.59 Å². The Bertz CT molecular complexity index is 627. The predicted octanol–water partition coefficient (Wildman–Crippen LogP) is 3.79. The van der Waals surface area contributed by atoms with Gasteiger partial charge in [0.1, 0.15) is 5.76 Å². The van der Waals surface area contributed by atoms with Gasteiger partial charge in [0, 0.05) is 17.5 Å². The molecular formula is C17H16O3. The van der Waals surface area contributed by atoms with E-state index < -0.39 is 0 Å². The van der Waals surface area contributed by atoms with Crippen molar-refractivity contribution < 1.29 is 14.0 Å². The van der Waals surface area contributed by atoms with Crippen LogP contribution in [0.25, 0.3) is 0 Å². The lowest BCUT2D eigenvalue weighted by atomic mass is 9.88. The van der Waals surface area contributed by atoms with Crippen LogP contribution < -0.4 is 0 Å². The van der Waals surface area contributed by atoms with E-state index in [-0.39, 0.29) is 17.3 Å². The molecule has 0 aliphatic heterocycles. The third-order valence-electron chi connectivity index (χ3n) is 3.68. The minimum absolute atomic E-state index is 0.110. The SMILES string of the molecule is CCCCCc1cc2c(o1)C(=O)c1ccccc1C2=O. The first-order valence-electron chi connectivity index (χ1n) is 7.03. The molecule has 0 bridgehead atoms. The van der Waals surface area contributed by atoms with Crippen LogP contribution in [0.1, 0.15) is 64.0 Å². The Morgan fingerprint density at radius 1 is 0.950 bits per heavy atom. The van der Waals surface area contributed by atoms with Crippen LogP contribution in [0.15, 0.2) is 34.7 Å². The predicted molar refractivity (Wildman–Crippen MR) is 75.2 cm³/mol. The molecule has 102 valence electrons. The van der Waals surface area contributed by atoms with Gasteiger partial charge in [-0.05, 0) is 12.5 Å². The van der Waals surface area contributed by atoms with Gasteiger partial charge in [-0.2, -0.15) is 0 Å². The van der Waals surface area contributed by atoms with Gasteiger partial charge in [-0.25, -0.2) is 0 Å². The lowest BCUT2D eigenvalue weighted by molar-refractivity contribution is 0.0959. The van der Waals surface area contributed by atoms with E-state index >= 15 is 0 Å². The maximum absolute atomic E-state index is 12.4. The Labute approximate surface area is 117 Å². The molecule has 3 nitrogen and oxygen atoms in total. The molecule has 1 aromatic carbocycles. The van der Waals surface area contributed by atoms with Gasteiger partial charge in [0.05, 0.1) is 5.56 Å². The zero-order valence-corrected chi connectivity index (χ0v) is 11.4. The summed E-state index contributed by atoms with van der Waals surface area (Å²) in [5.74, 6) is 0.649. The fourth-order valence-corrected chi connectivity index (χ4v) is 2.60. The van der Waals surface area contributed by atoms with Crippen molar-refractivity contribution >= 4 is 11.6 Å². The highest BCUT2D eigenvalue weighted by Crippen LogP contribution is 2.30. The maximum atomic E-state index is 12.4. The van der Waals surface area contributed by atoms with E-state index in [1.165, 1.54) is 0 Å². The van der Waals surface area contributed by atoms with Crippen LogP contribution in [0.5, 0.6) is 0 Å². The summed E-state index contributed by atoms with van der Waals surface area (Å²) in [6.45, 7) is 2.14. The van der Waals surface area contributed by atoms with Crippen LogP contribution in [0.3, 0.4) is 0 Å². The molecule has 20 heavy (non-hydrogen) atoms. The molecule has 0 saturated carbocycles.